The number of unbranched alkanes of at least 4 members (excludes halogenated alkanes) is 18. The number of fused-ring (bicyclic) bond motifs is 6. The lowest BCUT2D eigenvalue weighted by atomic mass is 9.89. The molecule has 0 spiro atoms. The fourth-order valence-electron chi connectivity index (χ4n) is 7.64. The van der Waals surface area contributed by atoms with Gasteiger partial charge in [-0.05, 0) is 107 Å². The van der Waals surface area contributed by atoms with Crippen LogP contribution in [-0.2, 0) is 0 Å². The predicted molar refractivity (Wildman–Crippen MR) is 262 cm³/mol. The second-order valence-corrected chi connectivity index (χ2v) is 16.6. The van der Waals surface area contributed by atoms with Gasteiger partial charge in [-0.2, -0.15) is 0 Å². The monoisotopic (exact) mass is 805 g/mol. The molecule has 4 aromatic carbocycles. The van der Waals surface area contributed by atoms with Gasteiger partial charge in [0, 0.05) is 36.8 Å². The number of ether oxygens (including phenoxy) is 2. The smallest absolute Gasteiger partial charge is 0.135 e. The molecule has 0 fully saturated rings. The van der Waals surface area contributed by atoms with Crippen molar-refractivity contribution in [2.75, 3.05) is 13.2 Å². The van der Waals surface area contributed by atoms with Crippen molar-refractivity contribution in [2.24, 2.45) is 0 Å². The van der Waals surface area contributed by atoms with Gasteiger partial charge in [-0.3, -0.25) is 0 Å². The fourth-order valence-corrected chi connectivity index (χ4v) is 7.64. The normalized spacial score (nSPS) is 10.7. The van der Waals surface area contributed by atoms with Gasteiger partial charge in [-0.15, -0.1) is 0 Å². The van der Waals surface area contributed by atoms with Crippen LogP contribution in [0.3, 0.4) is 0 Å². The molecule has 0 N–H and O–H groups in total. The van der Waals surface area contributed by atoms with Crippen molar-refractivity contribution < 1.29 is 9.47 Å². The molecule has 2 heteroatoms. The first-order chi connectivity index (χ1) is 29.6. The summed E-state index contributed by atoms with van der Waals surface area (Å²) < 4.78 is 13.4. The Morgan fingerprint density at radius 3 is 0.883 bits per heavy atom. The minimum atomic E-state index is 0.684. The molecule has 4 aromatic rings. The summed E-state index contributed by atoms with van der Waals surface area (Å²) in [6, 6.07) is 13.8. The van der Waals surface area contributed by atoms with Gasteiger partial charge >= 0.3 is 0 Å². The molecular formula is C58H76O2. The van der Waals surface area contributed by atoms with Crippen molar-refractivity contribution in [3.63, 3.8) is 0 Å². The molecule has 60 heavy (non-hydrogen) atoms. The minimum absolute atomic E-state index is 0.684. The Hall–Kier alpha value is -4.50. The molecule has 0 aliphatic rings. The van der Waals surface area contributed by atoms with E-state index in [0.29, 0.717) is 13.2 Å². The predicted octanol–water partition coefficient (Wildman–Crippen LogP) is 16.8. The molecule has 320 valence electrons. The molecule has 0 unspecified atom stereocenters. The fraction of sp³-hybridized carbons (Fsp3) is 0.552. The summed E-state index contributed by atoms with van der Waals surface area (Å²) in [5, 5.41) is 6.97. The summed E-state index contributed by atoms with van der Waals surface area (Å²) >= 11 is 0. The van der Waals surface area contributed by atoms with Crippen molar-refractivity contribution in [3.8, 4) is 58.9 Å². The van der Waals surface area contributed by atoms with E-state index in [9.17, 15) is 0 Å². The van der Waals surface area contributed by atoms with Crippen molar-refractivity contribution in [2.45, 2.75) is 196 Å². The van der Waals surface area contributed by atoms with Crippen LogP contribution in [0.1, 0.15) is 218 Å². The van der Waals surface area contributed by atoms with E-state index in [1.807, 2.05) is 0 Å². The average Bonchev–Trinajstić information content (AvgIpc) is 3.26. The van der Waals surface area contributed by atoms with Gasteiger partial charge in [0.15, 0.2) is 0 Å². The highest BCUT2D eigenvalue weighted by atomic mass is 16.5. The van der Waals surface area contributed by atoms with E-state index in [1.165, 1.54) is 101 Å². The maximum atomic E-state index is 6.68. The number of rotatable bonds is 24. The Labute approximate surface area is 366 Å². The van der Waals surface area contributed by atoms with Gasteiger partial charge < -0.3 is 9.47 Å². The Morgan fingerprint density at radius 1 is 0.300 bits per heavy atom. The highest BCUT2D eigenvalue weighted by molar-refractivity contribution is 6.26. The van der Waals surface area contributed by atoms with Gasteiger partial charge in [0.1, 0.15) is 11.5 Å². The van der Waals surface area contributed by atoms with E-state index in [4.69, 9.17) is 9.47 Å². The highest BCUT2D eigenvalue weighted by Gasteiger charge is 2.18. The second kappa shape index (κ2) is 28.9. The first kappa shape index (κ1) is 48.2. The number of hydrogen-bond donors (Lipinski definition) is 0. The molecule has 0 atom stereocenters. The lowest BCUT2D eigenvalue weighted by molar-refractivity contribution is 0.304. The summed E-state index contributed by atoms with van der Waals surface area (Å²) in [7, 11) is 0. The minimum Gasteiger partial charge on any atom is -0.492 e. The van der Waals surface area contributed by atoms with Crippen LogP contribution in [0.15, 0.2) is 36.4 Å². The zero-order chi connectivity index (χ0) is 42.6. The van der Waals surface area contributed by atoms with Crippen molar-refractivity contribution >= 4 is 32.3 Å². The summed E-state index contributed by atoms with van der Waals surface area (Å²) in [5.41, 5.74) is 3.94. The van der Waals surface area contributed by atoms with Crippen LogP contribution in [0.5, 0.6) is 11.5 Å². The van der Waals surface area contributed by atoms with Crippen LogP contribution >= 0.6 is 0 Å². The Kier molecular flexibility index (Phi) is 23.2. The molecule has 4 rings (SSSR count). The lowest BCUT2D eigenvalue weighted by Gasteiger charge is -2.17. The van der Waals surface area contributed by atoms with E-state index in [0.717, 1.165) is 120 Å². The van der Waals surface area contributed by atoms with E-state index >= 15 is 0 Å². The molecule has 0 aliphatic carbocycles. The lowest BCUT2D eigenvalue weighted by Crippen LogP contribution is -2.01. The Bertz CT molecular complexity index is 2020. The summed E-state index contributed by atoms with van der Waals surface area (Å²) in [4.78, 5) is 0. The molecule has 0 saturated heterocycles. The second-order valence-electron chi connectivity index (χ2n) is 16.6. The maximum Gasteiger partial charge on any atom is 0.135 e. The van der Waals surface area contributed by atoms with Gasteiger partial charge in [0.2, 0.25) is 0 Å². The van der Waals surface area contributed by atoms with Crippen molar-refractivity contribution in [1.29, 1.82) is 0 Å². The summed E-state index contributed by atoms with van der Waals surface area (Å²) in [5.74, 6) is 30.2. The van der Waals surface area contributed by atoms with E-state index in [1.54, 1.807) is 0 Å². The zero-order valence-electron chi connectivity index (χ0n) is 38.7. The quantitative estimate of drug-likeness (QED) is 0.0399. The average molecular weight is 805 g/mol. The van der Waals surface area contributed by atoms with Gasteiger partial charge in [-0.25, -0.2) is 0 Å². The Morgan fingerprint density at radius 2 is 0.567 bits per heavy atom. The van der Waals surface area contributed by atoms with Crippen molar-refractivity contribution in [1.82, 2.24) is 0 Å². The van der Waals surface area contributed by atoms with Gasteiger partial charge in [-0.1, -0.05) is 179 Å². The standard InChI is InChI=1S/C58H76O2/c1-7-13-19-25-29-35-47-41-51-52(42-48(47)36-30-26-20-14-8-2)54-44-50(38-32-28-22-16-10-4)58(60-40-34-24-18-12-6)46-56(54)55-45-57(59-39-33-23-17-11-5)49(43-53(51)55)37-31-27-21-15-9-3/h41-46H,7-28,33-34,39-40H2,1-6H3. The maximum absolute atomic E-state index is 6.68. The molecule has 0 heterocycles. The highest BCUT2D eigenvalue weighted by Crippen LogP contribution is 2.42. The Balaban J connectivity index is 2.07. The third kappa shape index (κ3) is 15.5. The van der Waals surface area contributed by atoms with Crippen LogP contribution in [0.25, 0.3) is 32.3 Å². The van der Waals surface area contributed by atoms with E-state index in [2.05, 4.69) is 125 Å². The van der Waals surface area contributed by atoms with Crippen molar-refractivity contribution in [3.05, 3.63) is 58.7 Å². The topological polar surface area (TPSA) is 18.5 Å². The van der Waals surface area contributed by atoms with Crippen LogP contribution in [0, 0.1) is 47.4 Å². The van der Waals surface area contributed by atoms with Gasteiger partial charge in [0.05, 0.1) is 24.3 Å². The molecule has 2 nitrogen and oxygen atoms in total. The van der Waals surface area contributed by atoms with Gasteiger partial charge in [0.25, 0.3) is 0 Å². The number of benzene rings is 4. The molecule has 0 amide bonds. The first-order valence-corrected chi connectivity index (χ1v) is 24.4. The SMILES string of the molecule is CCCCCC#Cc1cc2c(cc1C#CCCCCC)c1cc(C#CCCCCC)c(OCCCCCC)cc1c1cc(OCCCCCC)c(C#CCCCCC)cc21. The van der Waals surface area contributed by atoms with E-state index < -0.39 is 0 Å². The summed E-state index contributed by atoms with van der Waals surface area (Å²) in [6.07, 6.45) is 26.9. The molecule has 0 aromatic heterocycles. The van der Waals surface area contributed by atoms with Crippen LogP contribution in [0.2, 0.25) is 0 Å². The molecule has 0 bridgehead atoms. The molecule has 0 aliphatic heterocycles. The number of hydrogen-bond acceptors (Lipinski definition) is 2. The van der Waals surface area contributed by atoms with Crippen LogP contribution in [-0.4, -0.2) is 13.2 Å². The van der Waals surface area contributed by atoms with E-state index in [-0.39, 0.29) is 0 Å². The molecule has 0 saturated carbocycles. The summed E-state index contributed by atoms with van der Waals surface area (Å²) in [6.45, 7) is 14.9. The molecular weight excluding hydrogens is 729 g/mol. The third-order valence-corrected chi connectivity index (χ3v) is 11.3. The van der Waals surface area contributed by atoms with Crippen LogP contribution < -0.4 is 9.47 Å². The first-order valence-electron chi connectivity index (χ1n) is 24.4. The van der Waals surface area contributed by atoms with Crippen LogP contribution in [0.4, 0.5) is 0 Å². The zero-order valence-corrected chi connectivity index (χ0v) is 38.7. The molecule has 0 radical (unpaired) electrons. The largest absolute Gasteiger partial charge is 0.492 e. The third-order valence-electron chi connectivity index (χ3n) is 11.3.